The van der Waals surface area contributed by atoms with Crippen LogP contribution in [0, 0.1) is 10.1 Å². The van der Waals surface area contributed by atoms with E-state index in [1.165, 1.54) is 24.3 Å². The number of rotatable bonds is 6. The van der Waals surface area contributed by atoms with Gasteiger partial charge in [0.25, 0.3) is 11.6 Å². The first-order valence-electron chi connectivity index (χ1n) is 6.91. The lowest BCUT2D eigenvalue weighted by Crippen LogP contribution is -2.24. The topological polar surface area (TPSA) is 119 Å². The highest BCUT2D eigenvalue weighted by Gasteiger charge is 2.19. The summed E-state index contributed by atoms with van der Waals surface area (Å²) < 4.78 is 4.74. The first-order chi connectivity index (χ1) is 11.5. The van der Waals surface area contributed by atoms with Crippen molar-refractivity contribution in [2.45, 2.75) is 6.10 Å². The molecule has 2 aromatic carbocycles. The van der Waals surface area contributed by atoms with Gasteiger partial charge in [-0.25, -0.2) is 4.79 Å². The van der Waals surface area contributed by atoms with Crippen LogP contribution >= 0.6 is 0 Å². The number of amides is 1. The number of nitro benzene ring substituents is 1. The van der Waals surface area contributed by atoms with Crippen LogP contribution in [0.2, 0.25) is 0 Å². The van der Waals surface area contributed by atoms with Crippen molar-refractivity contribution >= 4 is 23.3 Å². The maximum atomic E-state index is 11.7. The molecule has 24 heavy (non-hydrogen) atoms. The van der Waals surface area contributed by atoms with Gasteiger partial charge in [0.15, 0.2) is 12.7 Å². The summed E-state index contributed by atoms with van der Waals surface area (Å²) >= 11 is 0. The number of ether oxygens (including phenoxy) is 1. The van der Waals surface area contributed by atoms with Gasteiger partial charge in [0.1, 0.15) is 0 Å². The Labute approximate surface area is 136 Å². The number of non-ortho nitro benzene ring substituents is 1. The number of nitrogens with zero attached hydrogens (tertiary/aromatic N) is 1. The van der Waals surface area contributed by atoms with Crippen molar-refractivity contribution in [2.24, 2.45) is 0 Å². The van der Waals surface area contributed by atoms with Crippen LogP contribution in [0.4, 0.5) is 11.4 Å². The summed E-state index contributed by atoms with van der Waals surface area (Å²) in [5.74, 6) is -1.64. The number of hydrogen-bond donors (Lipinski definition) is 2. The molecular weight excluding hydrogens is 316 g/mol. The third kappa shape index (κ3) is 4.62. The summed E-state index contributed by atoms with van der Waals surface area (Å²) in [7, 11) is 0. The summed E-state index contributed by atoms with van der Waals surface area (Å²) in [6.45, 7) is -0.620. The van der Waals surface area contributed by atoms with Gasteiger partial charge in [-0.2, -0.15) is 0 Å². The monoisotopic (exact) mass is 330 g/mol. The highest BCUT2D eigenvalue weighted by atomic mass is 16.6. The molecule has 0 spiro atoms. The quantitative estimate of drug-likeness (QED) is 0.473. The molecule has 2 aromatic rings. The number of hydrogen-bond acceptors (Lipinski definition) is 6. The van der Waals surface area contributed by atoms with Crippen molar-refractivity contribution in [3.05, 3.63) is 70.3 Å². The molecule has 0 saturated heterocycles. The van der Waals surface area contributed by atoms with Crippen LogP contribution in [0.1, 0.15) is 11.7 Å². The SMILES string of the molecule is O=C(COC(=O)[C@@H](O)c1ccccc1)Nc1cccc([N+](=O)[O-])c1. The Morgan fingerprint density at radius 2 is 1.88 bits per heavy atom. The lowest BCUT2D eigenvalue weighted by atomic mass is 10.1. The molecule has 0 aliphatic carbocycles. The van der Waals surface area contributed by atoms with E-state index in [4.69, 9.17) is 4.74 Å². The van der Waals surface area contributed by atoms with Crippen LogP contribution in [-0.4, -0.2) is 28.5 Å². The molecule has 1 atom stereocenters. The first-order valence-corrected chi connectivity index (χ1v) is 6.91. The molecule has 0 bridgehead atoms. The van der Waals surface area contributed by atoms with Crippen LogP contribution in [-0.2, 0) is 14.3 Å². The summed E-state index contributed by atoms with van der Waals surface area (Å²) in [5.41, 5.74) is 0.375. The molecule has 8 nitrogen and oxygen atoms in total. The molecule has 0 fully saturated rings. The smallest absolute Gasteiger partial charge is 0.340 e. The van der Waals surface area contributed by atoms with Crippen molar-refractivity contribution in [2.75, 3.05) is 11.9 Å². The molecular formula is C16H14N2O6. The third-order valence-electron chi connectivity index (χ3n) is 3.02. The predicted octanol–water partition coefficient (Wildman–Crippen LogP) is 1.81. The number of esters is 1. The average Bonchev–Trinajstić information content (AvgIpc) is 2.60. The zero-order chi connectivity index (χ0) is 17.5. The first kappa shape index (κ1) is 17.1. The van der Waals surface area contributed by atoms with E-state index in [0.29, 0.717) is 5.56 Å². The van der Waals surface area contributed by atoms with Gasteiger partial charge in [-0.1, -0.05) is 36.4 Å². The van der Waals surface area contributed by atoms with Crippen molar-refractivity contribution < 1.29 is 24.4 Å². The molecule has 0 aliphatic rings. The van der Waals surface area contributed by atoms with Gasteiger partial charge in [-0.15, -0.1) is 0 Å². The fourth-order valence-electron chi connectivity index (χ4n) is 1.88. The van der Waals surface area contributed by atoms with Gasteiger partial charge in [0.2, 0.25) is 0 Å². The summed E-state index contributed by atoms with van der Waals surface area (Å²) in [6.07, 6.45) is -1.49. The van der Waals surface area contributed by atoms with Crippen LogP contribution < -0.4 is 5.32 Å². The molecule has 0 aliphatic heterocycles. The zero-order valence-corrected chi connectivity index (χ0v) is 12.4. The summed E-state index contributed by atoms with van der Waals surface area (Å²) in [6, 6.07) is 13.5. The Morgan fingerprint density at radius 1 is 1.17 bits per heavy atom. The number of aliphatic hydroxyl groups is 1. The second-order valence-electron chi connectivity index (χ2n) is 4.78. The van der Waals surface area contributed by atoms with Crippen molar-refractivity contribution in [3.8, 4) is 0 Å². The zero-order valence-electron chi connectivity index (χ0n) is 12.4. The van der Waals surface area contributed by atoms with E-state index < -0.39 is 29.5 Å². The molecule has 1 amide bonds. The van der Waals surface area contributed by atoms with Gasteiger partial charge in [-0.3, -0.25) is 14.9 Å². The molecule has 0 unspecified atom stereocenters. The standard InChI is InChI=1S/C16H14N2O6/c19-14(17-12-7-4-8-13(9-12)18(22)23)10-24-16(21)15(20)11-5-2-1-3-6-11/h1-9,15,20H,10H2,(H,17,19)/t15-/m0/s1. The van der Waals surface area contributed by atoms with Crippen LogP contribution in [0.5, 0.6) is 0 Å². The van der Waals surface area contributed by atoms with Gasteiger partial charge in [-0.05, 0) is 11.6 Å². The van der Waals surface area contributed by atoms with E-state index >= 15 is 0 Å². The molecule has 2 N–H and O–H groups in total. The van der Waals surface area contributed by atoms with E-state index in [2.05, 4.69) is 5.32 Å². The minimum Gasteiger partial charge on any atom is -0.453 e. The largest absolute Gasteiger partial charge is 0.453 e. The van der Waals surface area contributed by atoms with Gasteiger partial charge >= 0.3 is 5.97 Å². The average molecular weight is 330 g/mol. The van der Waals surface area contributed by atoms with Crippen LogP contribution in [0.25, 0.3) is 0 Å². The number of benzene rings is 2. The number of anilines is 1. The van der Waals surface area contributed by atoms with Gasteiger partial charge in [0.05, 0.1) is 4.92 Å². The Kier molecular flexibility index (Phi) is 5.58. The highest BCUT2D eigenvalue weighted by molar-refractivity contribution is 5.93. The second-order valence-corrected chi connectivity index (χ2v) is 4.78. The normalized spacial score (nSPS) is 11.4. The fourth-order valence-corrected chi connectivity index (χ4v) is 1.88. The lowest BCUT2D eigenvalue weighted by Gasteiger charge is -2.11. The molecule has 2 rings (SSSR count). The van der Waals surface area contributed by atoms with E-state index in [1.54, 1.807) is 30.3 Å². The third-order valence-corrected chi connectivity index (χ3v) is 3.02. The Hall–Kier alpha value is -3.26. The molecule has 0 radical (unpaired) electrons. The maximum Gasteiger partial charge on any atom is 0.340 e. The lowest BCUT2D eigenvalue weighted by molar-refractivity contribution is -0.384. The van der Waals surface area contributed by atoms with Crippen molar-refractivity contribution in [1.29, 1.82) is 0 Å². The number of carbonyl (C=O) groups is 2. The Morgan fingerprint density at radius 3 is 2.54 bits per heavy atom. The van der Waals surface area contributed by atoms with Crippen molar-refractivity contribution in [1.82, 2.24) is 0 Å². The van der Waals surface area contributed by atoms with E-state index in [-0.39, 0.29) is 11.4 Å². The summed E-state index contributed by atoms with van der Waals surface area (Å²) in [4.78, 5) is 33.5. The number of nitrogens with one attached hydrogen (secondary N) is 1. The van der Waals surface area contributed by atoms with Crippen molar-refractivity contribution in [3.63, 3.8) is 0 Å². The van der Waals surface area contributed by atoms with Gasteiger partial charge in [0, 0.05) is 17.8 Å². The van der Waals surface area contributed by atoms with E-state index in [9.17, 15) is 24.8 Å². The summed E-state index contributed by atoms with van der Waals surface area (Å²) in [5, 5.41) is 22.8. The minimum atomic E-state index is -1.49. The van der Waals surface area contributed by atoms with E-state index in [1.807, 2.05) is 0 Å². The Bertz CT molecular complexity index is 747. The molecule has 0 aromatic heterocycles. The maximum absolute atomic E-state index is 11.7. The molecule has 0 saturated carbocycles. The fraction of sp³-hybridized carbons (Fsp3) is 0.125. The number of aliphatic hydroxyl groups excluding tert-OH is 1. The minimum absolute atomic E-state index is 0.177. The predicted molar refractivity (Wildman–Crippen MR) is 84.1 cm³/mol. The molecule has 124 valence electrons. The van der Waals surface area contributed by atoms with E-state index in [0.717, 1.165) is 0 Å². The number of nitro groups is 1. The Balaban J connectivity index is 1.88. The molecule has 8 heteroatoms. The highest BCUT2D eigenvalue weighted by Crippen LogP contribution is 2.17. The molecule has 0 heterocycles. The van der Waals surface area contributed by atoms with Gasteiger partial charge < -0.3 is 15.2 Å². The number of carbonyl (C=O) groups excluding carboxylic acids is 2. The van der Waals surface area contributed by atoms with Crippen LogP contribution in [0.15, 0.2) is 54.6 Å². The van der Waals surface area contributed by atoms with Crippen LogP contribution in [0.3, 0.4) is 0 Å². The second kappa shape index (κ2) is 7.84.